The van der Waals surface area contributed by atoms with E-state index in [4.69, 9.17) is 4.52 Å². The molecule has 4 rings (SSSR count). The molecule has 0 unspecified atom stereocenters. The fourth-order valence-corrected chi connectivity index (χ4v) is 2.33. The third kappa shape index (κ3) is 2.07. The number of nitrogens with one attached hydrogen (secondary N) is 1. The summed E-state index contributed by atoms with van der Waals surface area (Å²) in [6, 6.07) is 14.7. The van der Waals surface area contributed by atoms with Crippen molar-refractivity contribution in [1.82, 2.24) is 20.1 Å². The van der Waals surface area contributed by atoms with E-state index >= 15 is 0 Å². The molecule has 0 aliphatic rings. The van der Waals surface area contributed by atoms with E-state index in [1.165, 1.54) is 6.39 Å². The molecule has 0 fully saturated rings. The Morgan fingerprint density at radius 1 is 1.00 bits per heavy atom. The first-order chi connectivity index (χ1) is 10.8. The van der Waals surface area contributed by atoms with Crippen LogP contribution in [0.4, 0.5) is 0 Å². The topological polar surface area (TPSA) is 84.7 Å². The van der Waals surface area contributed by atoms with E-state index < -0.39 is 0 Å². The lowest BCUT2D eigenvalue weighted by atomic mass is 10.1. The van der Waals surface area contributed by atoms with Crippen molar-refractivity contribution in [3.8, 4) is 22.8 Å². The maximum atomic E-state index is 12.2. The minimum absolute atomic E-state index is 0.162. The smallest absolute Gasteiger partial charge is 0.259 e. The van der Waals surface area contributed by atoms with Gasteiger partial charge in [0, 0.05) is 11.1 Å². The molecular formula is C16H10N4O2. The zero-order chi connectivity index (χ0) is 14.9. The second kappa shape index (κ2) is 4.92. The number of fused-ring (bicyclic) bond motifs is 1. The highest BCUT2D eigenvalue weighted by molar-refractivity contribution is 5.79. The molecule has 6 heteroatoms. The summed E-state index contributed by atoms with van der Waals surface area (Å²) in [5, 5.41) is 4.38. The van der Waals surface area contributed by atoms with Gasteiger partial charge in [-0.15, -0.1) is 0 Å². The van der Waals surface area contributed by atoms with E-state index in [1.54, 1.807) is 6.07 Å². The van der Waals surface area contributed by atoms with Crippen molar-refractivity contribution in [1.29, 1.82) is 0 Å². The Morgan fingerprint density at radius 3 is 2.73 bits per heavy atom. The van der Waals surface area contributed by atoms with Crippen molar-refractivity contribution in [2.75, 3.05) is 0 Å². The summed E-state index contributed by atoms with van der Waals surface area (Å²) in [5.41, 5.74) is 2.07. The number of rotatable bonds is 2. The highest BCUT2D eigenvalue weighted by Crippen LogP contribution is 2.22. The summed E-state index contributed by atoms with van der Waals surface area (Å²) in [7, 11) is 0. The molecule has 4 aromatic rings. The molecule has 2 aromatic heterocycles. The minimum Gasteiger partial charge on any atom is -0.342 e. The fourth-order valence-electron chi connectivity index (χ4n) is 2.33. The van der Waals surface area contributed by atoms with Crippen LogP contribution in [0.25, 0.3) is 33.7 Å². The van der Waals surface area contributed by atoms with E-state index in [2.05, 4.69) is 20.1 Å². The number of H-pyrrole nitrogens is 1. The van der Waals surface area contributed by atoms with Crippen molar-refractivity contribution < 1.29 is 4.52 Å². The van der Waals surface area contributed by atoms with Crippen LogP contribution in [0, 0.1) is 0 Å². The van der Waals surface area contributed by atoms with E-state index in [0.29, 0.717) is 22.6 Å². The standard InChI is InChI=1S/C16H10N4O2/c21-16-12-6-1-2-7-13(12)18-15(19-16)11-5-3-4-10(8-11)14-17-9-22-20-14/h1-9H,(H,18,19,21). The molecule has 0 amide bonds. The van der Waals surface area contributed by atoms with Crippen molar-refractivity contribution in [3.05, 3.63) is 65.3 Å². The van der Waals surface area contributed by atoms with Gasteiger partial charge in [0.15, 0.2) is 0 Å². The minimum atomic E-state index is -0.162. The van der Waals surface area contributed by atoms with E-state index in [9.17, 15) is 4.79 Å². The second-order valence-electron chi connectivity index (χ2n) is 4.77. The van der Waals surface area contributed by atoms with Crippen LogP contribution in [0.5, 0.6) is 0 Å². The molecule has 1 N–H and O–H groups in total. The molecule has 2 heterocycles. The van der Waals surface area contributed by atoms with Crippen molar-refractivity contribution >= 4 is 10.9 Å². The molecule has 0 saturated carbocycles. The Labute approximate surface area is 124 Å². The lowest BCUT2D eigenvalue weighted by molar-refractivity contribution is 0.419. The number of benzene rings is 2. The van der Waals surface area contributed by atoms with E-state index in [0.717, 1.165) is 11.1 Å². The summed E-state index contributed by atoms with van der Waals surface area (Å²) in [6.07, 6.45) is 1.28. The van der Waals surface area contributed by atoms with E-state index in [-0.39, 0.29) is 5.56 Å². The van der Waals surface area contributed by atoms with Crippen LogP contribution < -0.4 is 5.56 Å². The maximum absolute atomic E-state index is 12.2. The molecule has 0 bridgehead atoms. The molecule has 6 nitrogen and oxygen atoms in total. The number of aromatic amines is 1. The molecular weight excluding hydrogens is 280 g/mol. The first kappa shape index (κ1) is 12.5. The molecule has 0 atom stereocenters. The summed E-state index contributed by atoms with van der Waals surface area (Å²) < 4.78 is 4.76. The Balaban J connectivity index is 1.89. The Bertz CT molecular complexity index is 1010. The Kier molecular flexibility index (Phi) is 2.79. The largest absolute Gasteiger partial charge is 0.342 e. The van der Waals surface area contributed by atoms with Gasteiger partial charge in [-0.2, -0.15) is 4.98 Å². The van der Waals surface area contributed by atoms with Crippen molar-refractivity contribution in [2.24, 2.45) is 0 Å². The van der Waals surface area contributed by atoms with Crippen LogP contribution in [0.15, 0.2) is 64.2 Å². The van der Waals surface area contributed by atoms with E-state index in [1.807, 2.05) is 42.5 Å². The first-order valence-corrected chi connectivity index (χ1v) is 6.67. The fraction of sp³-hybridized carbons (Fsp3) is 0. The van der Waals surface area contributed by atoms with Gasteiger partial charge in [-0.05, 0) is 18.2 Å². The van der Waals surface area contributed by atoms with Gasteiger partial charge in [0.25, 0.3) is 5.56 Å². The normalized spacial score (nSPS) is 10.9. The van der Waals surface area contributed by atoms with Crippen LogP contribution in [0.2, 0.25) is 0 Å². The van der Waals surface area contributed by atoms with Crippen LogP contribution in [0.1, 0.15) is 0 Å². The van der Waals surface area contributed by atoms with Gasteiger partial charge in [-0.25, -0.2) is 4.98 Å². The molecule has 22 heavy (non-hydrogen) atoms. The lowest BCUT2D eigenvalue weighted by Gasteiger charge is -2.04. The van der Waals surface area contributed by atoms with Gasteiger partial charge in [-0.1, -0.05) is 35.5 Å². The van der Waals surface area contributed by atoms with Crippen molar-refractivity contribution in [2.45, 2.75) is 0 Å². The first-order valence-electron chi connectivity index (χ1n) is 6.67. The Hall–Kier alpha value is -3.28. The SMILES string of the molecule is O=c1[nH]c(-c2cccc(-c3ncon3)c2)nc2ccccc12. The van der Waals surface area contributed by atoms with Gasteiger partial charge < -0.3 is 9.51 Å². The Morgan fingerprint density at radius 2 is 1.86 bits per heavy atom. The lowest BCUT2D eigenvalue weighted by Crippen LogP contribution is -2.09. The number of hydrogen-bond donors (Lipinski definition) is 1. The summed E-state index contributed by atoms with van der Waals surface area (Å²) in [4.78, 5) is 23.5. The average molecular weight is 290 g/mol. The number of para-hydroxylation sites is 1. The van der Waals surface area contributed by atoms with Crippen molar-refractivity contribution in [3.63, 3.8) is 0 Å². The summed E-state index contributed by atoms with van der Waals surface area (Å²) in [5.74, 6) is 0.999. The maximum Gasteiger partial charge on any atom is 0.259 e. The van der Waals surface area contributed by atoms with Gasteiger partial charge in [0.05, 0.1) is 10.9 Å². The molecule has 0 spiro atoms. The van der Waals surface area contributed by atoms with Gasteiger partial charge in [0.1, 0.15) is 5.82 Å². The zero-order valence-corrected chi connectivity index (χ0v) is 11.4. The monoisotopic (exact) mass is 290 g/mol. The van der Waals surface area contributed by atoms with Gasteiger partial charge in [0.2, 0.25) is 12.2 Å². The van der Waals surface area contributed by atoms with Gasteiger partial charge >= 0.3 is 0 Å². The predicted octanol–water partition coefficient (Wildman–Crippen LogP) is 2.64. The number of nitrogens with zero attached hydrogens (tertiary/aromatic N) is 3. The molecule has 106 valence electrons. The number of aromatic nitrogens is 4. The molecule has 2 aromatic carbocycles. The summed E-state index contributed by atoms with van der Waals surface area (Å²) >= 11 is 0. The number of hydrogen-bond acceptors (Lipinski definition) is 5. The molecule has 0 aliphatic heterocycles. The molecule has 0 radical (unpaired) electrons. The van der Waals surface area contributed by atoms with Crippen LogP contribution >= 0.6 is 0 Å². The zero-order valence-electron chi connectivity index (χ0n) is 11.4. The highest BCUT2D eigenvalue weighted by Gasteiger charge is 2.08. The highest BCUT2D eigenvalue weighted by atomic mass is 16.5. The molecule has 0 aliphatic carbocycles. The quantitative estimate of drug-likeness (QED) is 0.613. The van der Waals surface area contributed by atoms with Crippen LogP contribution in [-0.2, 0) is 0 Å². The van der Waals surface area contributed by atoms with Crippen LogP contribution in [0.3, 0.4) is 0 Å². The average Bonchev–Trinajstić information content (AvgIpc) is 3.09. The summed E-state index contributed by atoms with van der Waals surface area (Å²) in [6.45, 7) is 0. The second-order valence-corrected chi connectivity index (χ2v) is 4.77. The third-order valence-corrected chi connectivity index (χ3v) is 3.37. The molecule has 0 saturated heterocycles. The van der Waals surface area contributed by atoms with Crippen LogP contribution in [-0.4, -0.2) is 20.1 Å². The predicted molar refractivity (Wildman–Crippen MR) is 81.1 cm³/mol. The third-order valence-electron chi connectivity index (χ3n) is 3.37. The van der Waals surface area contributed by atoms with Gasteiger partial charge in [-0.3, -0.25) is 4.79 Å².